The Morgan fingerprint density at radius 3 is 2.35 bits per heavy atom. The molecule has 1 atom stereocenters. The van der Waals surface area contributed by atoms with Crippen LogP contribution in [0.5, 0.6) is 0 Å². The molecular formula is C12H16F3NS. The third-order valence-corrected chi connectivity index (χ3v) is 3.54. The molecule has 0 saturated heterocycles. The van der Waals surface area contributed by atoms with Crippen LogP contribution in [-0.4, -0.2) is 18.1 Å². The summed E-state index contributed by atoms with van der Waals surface area (Å²) in [6, 6.07) is 2.03. The third kappa shape index (κ3) is 4.60. The van der Waals surface area contributed by atoms with Crippen LogP contribution in [0.1, 0.15) is 18.9 Å². The molecule has 1 aromatic carbocycles. The summed E-state index contributed by atoms with van der Waals surface area (Å²) in [5, 5.41) is 3.62. The highest BCUT2D eigenvalue weighted by atomic mass is 32.2. The summed E-state index contributed by atoms with van der Waals surface area (Å²) in [5.74, 6) is -3.69. The van der Waals surface area contributed by atoms with Gasteiger partial charge in [0.25, 0.3) is 0 Å². The van der Waals surface area contributed by atoms with Crippen LogP contribution in [0.3, 0.4) is 0 Å². The van der Waals surface area contributed by atoms with E-state index in [1.54, 1.807) is 11.8 Å². The average Bonchev–Trinajstić information content (AvgIpc) is 2.31. The smallest absolute Gasteiger partial charge is 0.194 e. The van der Waals surface area contributed by atoms with Gasteiger partial charge in [0.15, 0.2) is 17.5 Å². The molecule has 1 aromatic rings. The van der Waals surface area contributed by atoms with Crippen molar-refractivity contribution in [3.8, 4) is 0 Å². The topological polar surface area (TPSA) is 12.0 Å². The molecule has 1 N–H and O–H groups in total. The van der Waals surface area contributed by atoms with Crippen molar-refractivity contribution in [3.63, 3.8) is 0 Å². The standard InChI is InChI=1S/C12H16F3NS/c1-8(17-2)3-4-16-7-9-5-10(13)12(15)11(14)6-9/h5-6,8,16H,3-4,7H2,1-2H3. The number of thioether (sulfide) groups is 1. The van der Waals surface area contributed by atoms with Crippen LogP contribution in [0.15, 0.2) is 12.1 Å². The lowest BCUT2D eigenvalue weighted by Crippen LogP contribution is -2.18. The van der Waals surface area contributed by atoms with E-state index < -0.39 is 17.5 Å². The van der Waals surface area contributed by atoms with Gasteiger partial charge in [-0.05, 0) is 36.9 Å². The lowest BCUT2D eigenvalue weighted by Gasteiger charge is -2.09. The van der Waals surface area contributed by atoms with E-state index in [2.05, 4.69) is 12.2 Å². The van der Waals surface area contributed by atoms with E-state index in [0.717, 1.165) is 25.1 Å². The van der Waals surface area contributed by atoms with Gasteiger partial charge in [0, 0.05) is 11.8 Å². The van der Waals surface area contributed by atoms with Crippen molar-refractivity contribution < 1.29 is 13.2 Å². The van der Waals surface area contributed by atoms with Crippen molar-refractivity contribution in [2.75, 3.05) is 12.8 Å². The Labute approximate surface area is 104 Å². The van der Waals surface area contributed by atoms with Gasteiger partial charge in [-0.2, -0.15) is 11.8 Å². The van der Waals surface area contributed by atoms with Crippen molar-refractivity contribution in [2.45, 2.75) is 25.1 Å². The highest BCUT2D eigenvalue weighted by molar-refractivity contribution is 7.99. The van der Waals surface area contributed by atoms with Crippen LogP contribution in [-0.2, 0) is 6.54 Å². The molecule has 0 heterocycles. The molecule has 0 fully saturated rings. The first-order valence-electron chi connectivity index (χ1n) is 5.41. The van der Waals surface area contributed by atoms with Crippen molar-refractivity contribution in [1.82, 2.24) is 5.32 Å². The van der Waals surface area contributed by atoms with Crippen molar-refractivity contribution in [3.05, 3.63) is 35.1 Å². The summed E-state index contributed by atoms with van der Waals surface area (Å²) in [6.07, 6.45) is 3.02. The van der Waals surface area contributed by atoms with Crippen molar-refractivity contribution in [1.29, 1.82) is 0 Å². The van der Waals surface area contributed by atoms with Crippen LogP contribution < -0.4 is 5.32 Å². The van der Waals surface area contributed by atoms with Crippen LogP contribution in [0, 0.1) is 17.5 Å². The summed E-state index contributed by atoms with van der Waals surface area (Å²) in [6.45, 7) is 3.22. The van der Waals surface area contributed by atoms with E-state index in [9.17, 15) is 13.2 Å². The number of hydrogen-bond donors (Lipinski definition) is 1. The number of hydrogen-bond acceptors (Lipinski definition) is 2. The average molecular weight is 263 g/mol. The molecule has 0 bridgehead atoms. The summed E-state index contributed by atoms with van der Waals surface area (Å²) >= 11 is 1.77. The Balaban J connectivity index is 2.42. The van der Waals surface area contributed by atoms with Gasteiger partial charge in [0.1, 0.15) is 0 Å². The number of benzene rings is 1. The Hall–Kier alpha value is -0.680. The van der Waals surface area contributed by atoms with Gasteiger partial charge in [-0.1, -0.05) is 6.92 Å². The van der Waals surface area contributed by atoms with E-state index in [1.807, 2.05) is 6.26 Å². The second-order valence-corrected chi connectivity index (χ2v) is 5.16. The predicted octanol–water partition coefficient (Wildman–Crippen LogP) is 3.34. The molecule has 1 rings (SSSR count). The molecule has 96 valence electrons. The number of rotatable bonds is 6. The predicted molar refractivity (Wildman–Crippen MR) is 65.6 cm³/mol. The van der Waals surface area contributed by atoms with E-state index in [1.165, 1.54) is 0 Å². The maximum Gasteiger partial charge on any atom is 0.194 e. The van der Waals surface area contributed by atoms with E-state index >= 15 is 0 Å². The lowest BCUT2D eigenvalue weighted by molar-refractivity contribution is 0.444. The first-order chi connectivity index (χ1) is 8.04. The van der Waals surface area contributed by atoms with Crippen LogP contribution in [0.2, 0.25) is 0 Å². The molecule has 0 radical (unpaired) electrons. The van der Waals surface area contributed by atoms with E-state index in [-0.39, 0.29) is 0 Å². The molecule has 0 saturated carbocycles. The highest BCUT2D eigenvalue weighted by Crippen LogP contribution is 2.13. The minimum Gasteiger partial charge on any atom is -0.313 e. The Morgan fingerprint density at radius 1 is 1.24 bits per heavy atom. The maximum atomic E-state index is 12.9. The van der Waals surface area contributed by atoms with Gasteiger partial charge in [-0.3, -0.25) is 0 Å². The van der Waals surface area contributed by atoms with Crippen LogP contribution in [0.4, 0.5) is 13.2 Å². The molecule has 0 aliphatic rings. The minimum absolute atomic E-state index is 0.342. The second-order valence-electron chi connectivity index (χ2n) is 3.89. The molecule has 0 aromatic heterocycles. The number of halogens is 3. The molecular weight excluding hydrogens is 247 g/mol. The maximum absolute atomic E-state index is 12.9. The van der Waals surface area contributed by atoms with Gasteiger partial charge in [0.2, 0.25) is 0 Å². The Kier molecular flexibility index (Phi) is 5.85. The largest absolute Gasteiger partial charge is 0.313 e. The molecule has 0 aliphatic carbocycles. The van der Waals surface area contributed by atoms with Gasteiger partial charge in [-0.15, -0.1) is 0 Å². The fraction of sp³-hybridized carbons (Fsp3) is 0.500. The highest BCUT2D eigenvalue weighted by Gasteiger charge is 2.10. The first kappa shape index (κ1) is 14.4. The molecule has 5 heteroatoms. The van der Waals surface area contributed by atoms with E-state index in [0.29, 0.717) is 17.4 Å². The Morgan fingerprint density at radius 2 is 1.82 bits per heavy atom. The first-order valence-corrected chi connectivity index (χ1v) is 6.70. The summed E-state index contributed by atoms with van der Waals surface area (Å²) < 4.78 is 38.4. The third-order valence-electron chi connectivity index (χ3n) is 2.50. The Bertz CT molecular complexity index is 348. The molecule has 0 aliphatic heterocycles. The molecule has 1 unspecified atom stereocenters. The zero-order valence-corrected chi connectivity index (χ0v) is 10.7. The quantitative estimate of drug-likeness (QED) is 0.624. The molecule has 17 heavy (non-hydrogen) atoms. The van der Waals surface area contributed by atoms with Gasteiger partial charge in [-0.25, -0.2) is 13.2 Å². The SMILES string of the molecule is CSC(C)CCNCc1cc(F)c(F)c(F)c1. The molecule has 1 nitrogen and oxygen atoms in total. The van der Waals surface area contributed by atoms with Crippen molar-refractivity contribution >= 4 is 11.8 Å². The summed E-state index contributed by atoms with van der Waals surface area (Å²) in [4.78, 5) is 0. The van der Waals surface area contributed by atoms with Gasteiger partial charge in [0.05, 0.1) is 0 Å². The molecule has 0 spiro atoms. The van der Waals surface area contributed by atoms with Crippen LogP contribution in [0.25, 0.3) is 0 Å². The van der Waals surface area contributed by atoms with Gasteiger partial charge >= 0.3 is 0 Å². The summed E-state index contributed by atoms with van der Waals surface area (Å²) in [5.41, 5.74) is 0.415. The monoisotopic (exact) mass is 263 g/mol. The van der Waals surface area contributed by atoms with E-state index in [4.69, 9.17) is 0 Å². The minimum atomic E-state index is -1.41. The van der Waals surface area contributed by atoms with Crippen LogP contribution >= 0.6 is 11.8 Å². The zero-order valence-electron chi connectivity index (χ0n) is 9.90. The molecule has 0 amide bonds. The zero-order chi connectivity index (χ0) is 12.8. The van der Waals surface area contributed by atoms with Crippen molar-refractivity contribution in [2.24, 2.45) is 0 Å². The van der Waals surface area contributed by atoms with Gasteiger partial charge < -0.3 is 5.32 Å². The second kappa shape index (κ2) is 6.91. The fourth-order valence-corrected chi connectivity index (χ4v) is 1.72. The lowest BCUT2D eigenvalue weighted by atomic mass is 10.2. The number of nitrogens with one attached hydrogen (secondary N) is 1. The normalized spacial score (nSPS) is 12.8. The fourth-order valence-electron chi connectivity index (χ4n) is 1.37. The summed E-state index contributed by atoms with van der Waals surface area (Å²) in [7, 11) is 0.